The third-order valence-electron chi connectivity index (χ3n) is 3.59. The van der Waals surface area contributed by atoms with Gasteiger partial charge in [0.2, 0.25) is 0 Å². The smallest absolute Gasteiger partial charge is 0.326 e. The molecule has 0 bridgehead atoms. The number of piperazine rings is 1. The molecule has 1 aromatic rings. The van der Waals surface area contributed by atoms with Crippen LogP contribution in [0, 0.1) is 0 Å². The van der Waals surface area contributed by atoms with E-state index in [1.54, 1.807) is 0 Å². The molecule has 2 rings (SSSR count). The molecule has 1 saturated heterocycles. The second-order valence-corrected chi connectivity index (χ2v) is 7.12. The molecule has 1 fully saturated rings. The topological polar surface area (TPSA) is 32.5 Å². The molecular weight excluding hydrogens is 323 g/mol. The Balaban J connectivity index is 1.98. The van der Waals surface area contributed by atoms with Crippen LogP contribution < -0.4 is 5.73 Å². The fraction of sp³-hybridized carbons (Fsp3) is 0.692. The molecule has 0 aromatic carbocycles. The standard InChI is InChI=1S/C13H19ClF3N3S/c1-9(18)12(10-2-3-11(14)21-10)20-6-4-19(5-7-20)8-13(15,16)17/h2-3,9,12H,4-8,18H2,1H3. The average Bonchev–Trinajstić information content (AvgIpc) is 2.76. The van der Waals surface area contributed by atoms with E-state index in [2.05, 4.69) is 4.90 Å². The molecule has 0 radical (unpaired) electrons. The Kier molecular flexibility index (Phi) is 5.54. The molecule has 1 aromatic heterocycles. The van der Waals surface area contributed by atoms with Gasteiger partial charge in [-0.3, -0.25) is 9.80 Å². The molecule has 0 spiro atoms. The third-order valence-corrected chi connectivity index (χ3v) is 4.89. The molecule has 0 saturated carbocycles. The lowest BCUT2D eigenvalue weighted by atomic mass is 10.1. The summed E-state index contributed by atoms with van der Waals surface area (Å²) in [6.07, 6.45) is -4.13. The molecule has 8 heteroatoms. The molecule has 2 atom stereocenters. The van der Waals surface area contributed by atoms with Crippen LogP contribution in [-0.2, 0) is 0 Å². The molecule has 120 valence electrons. The number of thiophene rings is 1. The highest BCUT2D eigenvalue weighted by molar-refractivity contribution is 7.16. The Bertz CT molecular complexity index is 456. The van der Waals surface area contributed by atoms with Crippen molar-refractivity contribution in [1.29, 1.82) is 0 Å². The summed E-state index contributed by atoms with van der Waals surface area (Å²) in [7, 11) is 0. The van der Waals surface area contributed by atoms with Crippen LogP contribution in [0.25, 0.3) is 0 Å². The number of nitrogens with zero attached hydrogens (tertiary/aromatic N) is 2. The van der Waals surface area contributed by atoms with E-state index in [9.17, 15) is 13.2 Å². The first-order valence-electron chi connectivity index (χ1n) is 6.80. The van der Waals surface area contributed by atoms with Gasteiger partial charge in [-0.15, -0.1) is 11.3 Å². The quantitative estimate of drug-likeness (QED) is 0.914. The lowest BCUT2D eigenvalue weighted by molar-refractivity contribution is -0.150. The molecule has 1 aliphatic rings. The van der Waals surface area contributed by atoms with Crippen LogP contribution in [0.4, 0.5) is 13.2 Å². The van der Waals surface area contributed by atoms with Crippen LogP contribution in [-0.4, -0.2) is 54.7 Å². The molecule has 21 heavy (non-hydrogen) atoms. The minimum absolute atomic E-state index is 0.00976. The fourth-order valence-electron chi connectivity index (χ4n) is 2.71. The second kappa shape index (κ2) is 6.83. The van der Waals surface area contributed by atoms with Gasteiger partial charge in [0.25, 0.3) is 0 Å². The number of alkyl halides is 3. The van der Waals surface area contributed by atoms with Gasteiger partial charge < -0.3 is 5.73 Å². The van der Waals surface area contributed by atoms with Crippen molar-refractivity contribution < 1.29 is 13.2 Å². The summed E-state index contributed by atoms with van der Waals surface area (Å²) in [4.78, 5) is 4.66. The summed E-state index contributed by atoms with van der Waals surface area (Å²) in [5.41, 5.74) is 6.07. The van der Waals surface area contributed by atoms with Crippen molar-refractivity contribution in [3.63, 3.8) is 0 Å². The first-order valence-corrected chi connectivity index (χ1v) is 7.99. The predicted molar refractivity (Wildman–Crippen MR) is 79.8 cm³/mol. The van der Waals surface area contributed by atoms with Gasteiger partial charge in [-0.1, -0.05) is 11.6 Å². The summed E-state index contributed by atoms with van der Waals surface area (Å²) in [5, 5.41) is 0. The molecule has 2 unspecified atom stereocenters. The molecular formula is C13H19ClF3N3S. The molecule has 3 nitrogen and oxygen atoms in total. The number of rotatable bonds is 4. The van der Waals surface area contributed by atoms with E-state index < -0.39 is 12.7 Å². The van der Waals surface area contributed by atoms with E-state index in [4.69, 9.17) is 17.3 Å². The Morgan fingerprint density at radius 1 is 1.29 bits per heavy atom. The van der Waals surface area contributed by atoms with E-state index >= 15 is 0 Å². The van der Waals surface area contributed by atoms with Crippen molar-refractivity contribution in [3.8, 4) is 0 Å². The Labute approximate surface area is 131 Å². The lowest BCUT2D eigenvalue weighted by Crippen LogP contribution is -2.52. The van der Waals surface area contributed by atoms with Crippen LogP contribution in [0.5, 0.6) is 0 Å². The number of hydrogen-bond donors (Lipinski definition) is 1. The third kappa shape index (κ3) is 4.82. The summed E-state index contributed by atoms with van der Waals surface area (Å²) in [6, 6.07) is 3.68. The van der Waals surface area contributed by atoms with Gasteiger partial charge in [0.05, 0.1) is 16.9 Å². The highest BCUT2D eigenvalue weighted by Crippen LogP contribution is 2.33. The maximum absolute atomic E-state index is 12.4. The average molecular weight is 342 g/mol. The largest absolute Gasteiger partial charge is 0.401 e. The number of halogens is 4. The lowest BCUT2D eigenvalue weighted by Gasteiger charge is -2.40. The van der Waals surface area contributed by atoms with E-state index in [1.807, 2.05) is 19.1 Å². The summed E-state index contributed by atoms with van der Waals surface area (Å²) >= 11 is 7.45. The van der Waals surface area contributed by atoms with Crippen molar-refractivity contribution >= 4 is 22.9 Å². The fourth-order valence-corrected chi connectivity index (χ4v) is 4.02. The monoisotopic (exact) mass is 341 g/mol. The SMILES string of the molecule is CC(N)C(c1ccc(Cl)s1)N1CCN(CC(F)(F)F)CC1. The zero-order valence-electron chi connectivity index (χ0n) is 11.7. The van der Waals surface area contributed by atoms with Crippen molar-refractivity contribution in [3.05, 3.63) is 21.3 Å². The molecule has 2 heterocycles. The van der Waals surface area contributed by atoms with Gasteiger partial charge in [-0.05, 0) is 19.1 Å². The highest BCUT2D eigenvalue weighted by atomic mass is 35.5. The molecule has 0 amide bonds. The number of hydrogen-bond acceptors (Lipinski definition) is 4. The van der Waals surface area contributed by atoms with Crippen molar-refractivity contribution in [2.75, 3.05) is 32.7 Å². The van der Waals surface area contributed by atoms with Gasteiger partial charge in [0, 0.05) is 37.1 Å². The Morgan fingerprint density at radius 3 is 2.33 bits per heavy atom. The van der Waals surface area contributed by atoms with Gasteiger partial charge >= 0.3 is 6.18 Å². The normalized spacial score (nSPS) is 21.4. The van der Waals surface area contributed by atoms with Crippen LogP contribution in [0.15, 0.2) is 12.1 Å². The van der Waals surface area contributed by atoms with Crippen LogP contribution in [0.2, 0.25) is 4.34 Å². The summed E-state index contributed by atoms with van der Waals surface area (Å²) < 4.78 is 37.9. The van der Waals surface area contributed by atoms with Crippen molar-refractivity contribution in [1.82, 2.24) is 9.80 Å². The Morgan fingerprint density at radius 2 is 1.90 bits per heavy atom. The minimum atomic E-state index is -4.13. The maximum Gasteiger partial charge on any atom is 0.401 e. The highest BCUT2D eigenvalue weighted by Gasteiger charge is 2.34. The van der Waals surface area contributed by atoms with Gasteiger partial charge in [0.15, 0.2) is 0 Å². The van der Waals surface area contributed by atoms with E-state index in [0.717, 1.165) is 4.88 Å². The minimum Gasteiger partial charge on any atom is -0.326 e. The van der Waals surface area contributed by atoms with Crippen LogP contribution >= 0.6 is 22.9 Å². The molecule has 1 aliphatic heterocycles. The molecule has 2 N–H and O–H groups in total. The first-order chi connectivity index (χ1) is 9.76. The van der Waals surface area contributed by atoms with Crippen molar-refractivity contribution in [2.45, 2.75) is 25.2 Å². The number of nitrogens with two attached hydrogens (primary N) is 1. The van der Waals surface area contributed by atoms with Gasteiger partial charge in [-0.25, -0.2) is 0 Å². The van der Waals surface area contributed by atoms with E-state index in [1.165, 1.54) is 16.2 Å². The van der Waals surface area contributed by atoms with Crippen LogP contribution in [0.1, 0.15) is 17.8 Å². The van der Waals surface area contributed by atoms with E-state index in [0.29, 0.717) is 30.5 Å². The second-order valence-electron chi connectivity index (χ2n) is 5.37. The zero-order chi connectivity index (χ0) is 15.6. The summed E-state index contributed by atoms with van der Waals surface area (Å²) in [6.45, 7) is 3.05. The first kappa shape index (κ1) is 17.0. The van der Waals surface area contributed by atoms with Crippen molar-refractivity contribution in [2.24, 2.45) is 5.73 Å². The Hall–Kier alpha value is -0.340. The van der Waals surface area contributed by atoms with E-state index in [-0.39, 0.29) is 12.1 Å². The predicted octanol–water partition coefficient (Wildman–Crippen LogP) is 2.97. The summed E-state index contributed by atoms with van der Waals surface area (Å²) in [5.74, 6) is 0. The zero-order valence-corrected chi connectivity index (χ0v) is 13.3. The molecule has 0 aliphatic carbocycles. The van der Waals surface area contributed by atoms with Gasteiger partial charge in [-0.2, -0.15) is 13.2 Å². The van der Waals surface area contributed by atoms with Gasteiger partial charge in [0.1, 0.15) is 0 Å². The van der Waals surface area contributed by atoms with Crippen LogP contribution in [0.3, 0.4) is 0 Å². The maximum atomic E-state index is 12.4.